The van der Waals surface area contributed by atoms with Crippen molar-refractivity contribution in [2.75, 3.05) is 16.7 Å². The number of ether oxygens (including phenoxy) is 1. The predicted molar refractivity (Wildman–Crippen MR) is 126 cm³/mol. The molecule has 0 aliphatic carbocycles. The molecule has 1 spiro atoms. The summed E-state index contributed by atoms with van der Waals surface area (Å²) in [5.41, 5.74) is 3.14. The van der Waals surface area contributed by atoms with E-state index in [1.807, 2.05) is 18.2 Å². The molecule has 1 unspecified atom stereocenters. The monoisotopic (exact) mass is 498 g/mol. The molecule has 3 aromatic rings. The Kier molecular flexibility index (Phi) is 4.44. The number of hydrogen-bond acceptors (Lipinski definition) is 4. The van der Waals surface area contributed by atoms with E-state index in [0.29, 0.717) is 12.1 Å². The van der Waals surface area contributed by atoms with Crippen LogP contribution < -0.4 is 14.4 Å². The Morgan fingerprint density at radius 3 is 2.45 bits per heavy atom. The maximum absolute atomic E-state index is 12.8. The molecule has 0 amide bonds. The lowest BCUT2D eigenvalue weighted by Gasteiger charge is -2.42. The molecule has 1 N–H and O–H groups in total. The van der Waals surface area contributed by atoms with Gasteiger partial charge in [-0.25, -0.2) is 8.42 Å². The van der Waals surface area contributed by atoms with Gasteiger partial charge in [-0.1, -0.05) is 34.1 Å². The van der Waals surface area contributed by atoms with Crippen molar-refractivity contribution in [2.24, 2.45) is 0 Å². The number of fused-ring (bicyclic) bond motifs is 2. The summed E-state index contributed by atoms with van der Waals surface area (Å²) in [7, 11) is -1.61. The second-order valence-corrected chi connectivity index (χ2v) is 11.2. The van der Waals surface area contributed by atoms with Gasteiger partial charge in [-0.05, 0) is 67.9 Å². The topological polar surface area (TPSA) is 58.6 Å². The fraction of sp³-hybridized carbons (Fsp3) is 0.250. The molecule has 2 aliphatic heterocycles. The van der Waals surface area contributed by atoms with Crippen molar-refractivity contribution in [3.63, 3.8) is 0 Å². The smallest absolute Gasteiger partial charge is 0.261 e. The largest absolute Gasteiger partial charge is 0.466 e. The molecule has 5 rings (SSSR count). The molecular weight excluding hydrogens is 476 g/mol. The van der Waals surface area contributed by atoms with Gasteiger partial charge < -0.3 is 9.64 Å². The molecule has 0 saturated carbocycles. The van der Waals surface area contributed by atoms with Crippen LogP contribution in [0.4, 0.5) is 11.4 Å². The van der Waals surface area contributed by atoms with Crippen LogP contribution in [0.1, 0.15) is 25.0 Å². The Morgan fingerprint density at radius 1 is 1.03 bits per heavy atom. The Labute approximate surface area is 191 Å². The zero-order valence-electron chi connectivity index (χ0n) is 17.5. The number of sulfonamides is 1. The minimum atomic E-state index is -3.67. The number of rotatable bonds is 3. The third-order valence-corrected chi connectivity index (χ3v) is 8.53. The standard InChI is InChI=1S/C24H23BrN2O3S/c1-23(2)20-6-4-5-7-21(20)27(3)24(23)15-16-14-18(10-13-22(16)30-24)26-31(28,29)19-11-8-17(25)9-12-19/h4-14,26H,15H2,1-3H3. The van der Waals surface area contributed by atoms with E-state index in [1.165, 1.54) is 5.56 Å². The fourth-order valence-corrected chi connectivity index (χ4v) is 6.15. The Hall–Kier alpha value is -2.51. The summed E-state index contributed by atoms with van der Waals surface area (Å²) in [6.07, 6.45) is 0.661. The summed E-state index contributed by atoms with van der Waals surface area (Å²) in [5, 5.41) is 0. The second-order valence-electron chi connectivity index (χ2n) is 8.65. The molecule has 31 heavy (non-hydrogen) atoms. The quantitative estimate of drug-likeness (QED) is 0.531. The molecule has 0 aromatic heterocycles. The molecule has 0 saturated heterocycles. The van der Waals surface area contributed by atoms with E-state index in [4.69, 9.17) is 4.74 Å². The third kappa shape index (κ3) is 2.97. The lowest BCUT2D eigenvalue weighted by atomic mass is 9.76. The first-order chi connectivity index (χ1) is 14.6. The van der Waals surface area contributed by atoms with Crippen molar-refractivity contribution >= 4 is 37.3 Å². The van der Waals surface area contributed by atoms with Gasteiger partial charge in [-0.15, -0.1) is 0 Å². The number of hydrogen-bond donors (Lipinski definition) is 1. The van der Waals surface area contributed by atoms with Gasteiger partial charge in [0.1, 0.15) is 5.75 Å². The van der Waals surface area contributed by atoms with Crippen LogP contribution in [0.15, 0.2) is 76.1 Å². The van der Waals surface area contributed by atoms with Crippen LogP contribution in [-0.2, 0) is 21.9 Å². The number of benzene rings is 3. The summed E-state index contributed by atoms with van der Waals surface area (Å²) in [4.78, 5) is 2.43. The Balaban J connectivity index is 1.47. The van der Waals surface area contributed by atoms with Gasteiger partial charge in [0, 0.05) is 34.9 Å². The van der Waals surface area contributed by atoms with Gasteiger partial charge in [-0.3, -0.25) is 4.72 Å². The molecule has 160 valence electrons. The maximum Gasteiger partial charge on any atom is 0.261 e. The highest BCUT2D eigenvalue weighted by Crippen LogP contribution is 2.56. The van der Waals surface area contributed by atoms with Crippen LogP contribution in [0.5, 0.6) is 5.75 Å². The lowest BCUT2D eigenvalue weighted by Crippen LogP contribution is -2.58. The van der Waals surface area contributed by atoms with Crippen LogP contribution in [0.25, 0.3) is 0 Å². The Morgan fingerprint density at radius 2 is 1.74 bits per heavy atom. The molecule has 0 fully saturated rings. The second kappa shape index (κ2) is 6.74. The number of nitrogens with one attached hydrogen (secondary N) is 1. The first kappa shape index (κ1) is 20.4. The van der Waals surface area contributed by atoms with E-state index < -0.39 is 15.7 Å². The average Bonchev–Trinajstić information content (AvgIpc) is 3.19. The van der Waals surface area contributed by atoms with Crippen molar-refractivity contribution in [3.8, 4) is 5.75 Å². The third-order valence-electron chi connectivity index (χ3n) is 6.60. The van der Waals surface area contributed by atoms with Gasteiger partial charge in [0.2, 0.25) is 0 Å². The van der Waals surface area contributed by atoms with E-state index in [9.17, 15) is 8.42 Å². The van der Waals surface area contributed by atoms with Crippen molar-refractivity contribution in [2.45, 2.75) is 36.3 Å². The minimum absolute atomic E-state index is 0.219. The van der Waals surface area contributed by atoms with E-state index in [-0.39, 0.29) is 10.3 Å². The summed E-state index contributed by atoms with van der Waals surface area (Å²) >= 11 is 3.33. The van der Waals surface area contributed by atoms with Crippen molar-refractivity contribution in [1.29, 1.82) is 0 Å². The van der Waals surface area contributed by atoms with Gasteiger partial charge in [0.25, 0.3) is 10.0 Å². The van der Waals surface area contributed by atoms with Crippen LogP contribution in [-0.4, -0.2) is 21.2 Å². The Bertz CT molecular complexity index is 1290. The van der Waals surface area contributed by atoms with Gasteiger partial charge in [-0.2, -0.15) is 0 Å². The van der Waals surface area contributed by atoms with Gasteiger partial charge >= 0.3 is 0 Å². The summed E-state index contributed by atoms with van der Waals surface area (Å²) in [6.45, 7) is 4.41. The van der Waals surface area contributed by atoms with Gasteiger partial charge in [0.15, 0.2) is 5.72 Å². The highest BCUT2D eigenvalue weighted by molar-refractivity contribution is 9.10. The molecule has 5 nitrogen and oxygen atoms in total. The lowest BCUT2D eigenvalue weighted by molar-refractivity contribution is 0.0350. The van der Waals surface area contributed by atoms with E-state index in [2.05, 4.69) is 64.6 Å². The number of anilines is 2. The van der Waals surface area contributed by atoms with Crippen LogP contribution in [0.3, 0.4) is 0 Å². The normalized spacial score (nSPS) is 21.0. The van der Waals surface area contributed by atoms with E-state index in [0.717, 1.165) is 21.5 Å². The molecule has 0 bridgehead atoms. The average molecular weight is 499 g/mol. The first-order valence-corrected chi connectivity index (χ1v) is 12.4. The highest BCUT2D eigenvalue weighted by Gasteiger charge is 2.60. The van der Waals surface area contributed by atoms with Crippen LogP contribution >= 0.6 is 15.9 Å². The van der Waals surface area contributed by atoms with Crippen molar-refractivity contribution in [1.82, 2.24) is 0 Å². The fourth-order valence-electron chi connectivity index (χ4n) is 4.84. The van der Waals surface area contributed by atoms with Crippen LogP contribution in [0.2, 0.25) is 0 Å². The molecule has 3 aromatic carbocycles. The number of nitrogens with zero attached hydrogens (tertiary/aromatic N) is 1. The maximum atomic E-state index is 12.8. The molecule has 0 radical (unpaired) electrons. The molecule has 2 aliphatic rings. The van der Waals surface area contributed by atoms with E-state index >= 15 is 0 Å². The summed E-state index contributed by atoms with van der Waals surface area (Å²) < 4.78 is 35.7. The SMILES string of the molecule is CN1c2ccccc2C(C)(C)C12Cc1cc(NS(=O)(=O)c3ccc(Br)cc3)ccc1O2. The van der Waals surface area contributed by atoms with Crippen molar-refractivity contribution in [3.05, 3.63) is 82.3 Å². The molecular formula is C24H23BrN2O3S. The molecule has 2 heterocycles. The number of likely N-dealkylation sites (N-methyl/N-ethyl adjacent to an activating group) is 1. The summed E-state index contributed by atoms with van der Waals surface area (Å²) in [6, 6.07) is 20.4. The number of halogens is 1. The van der Waals surface area contributed by atoms with Crippen LogP contribution in [0, 0.1) is 0 Å². The molecule has 7 heteroatoms. The van der Waals surface area contributed by atoms with E-state index in [1.54, 1.807) is 30.3 Å². The minimum Gasteiger partial charge on any atom is -0.466 e. The predicted octanol–water partition coefficient (Wildman–Crippen LogP) is 5.31. The zero-order chi connectivity index (χ0) is 22.0. The zero-order valence-corrected chi connectivity index (χ0v) is 19.9. The highest BCUT2D eigenvalue weighted by atomic mass is 79.9. The first-order valence-electron chi connectivity index (χ1n) is 10.1. The summed E-state index contributed by atoms with van der Waals surface area (Å²) in [5.74, 6) is 0.791. The van der Waals surface area contributed by atoms with Gasteiger partial charge in [0.05, 0.1) is 10.3 Å². The number of para-hydroxylation sites is 1. The van der Waals surface area contributed by atoms with Crippen molar-refractivity contribution < 1.29 is 13.2 Å². The molecule has 1 atom stereocenters.